The van der Waals surface area contributed by atoms with E-state index in [0.717, 1.165) is 40.4 Å². The summed E-state index contributed by atoms with van der Waals surface area (Å²) < 4.78 is 16.7. The van der Waals surface area contributed by atoms with Crippen molar-refractivity contribution < 1.29 is 34.0 Å². The van der Waals surface area contributed by atoms with Crippen LogP contribution in [0.5, 0.6) is 17.2 Å². The van der Waals surface area contributed by atoms with Crippen molar-refractivity contribution in [1.29, 1.82) is 0 Å². The summed E-state index contributed by atoms with van der Waals surface area (Å²) in [5.74, 6) is -1.22. The lowest BCUT2D eigenvalue weighted by Crippen LogP contribution is -2.12. The van der Waals surface area contributed by atoms with Crippen molar-refractivity contribution in [2.75, 3.05) is 21.3 Å². The summed E-state index contributed by atoms with van der Waals surface area (Å²) in [5.41, 5.74) is 2.30. The van der Waals surface area contributed by atoms with Crippen LogP contribution < -0.4 is 19.5 Å². The Labute approximate surface area is 171 Å². The van der Waals surface area contributed by atoms with Gasteiger partial charge in [0.15, 0.2) is 0 Å². The summed E-state index contributed by atoms with van der Waals surface area (Å²) in [6.45, 7) is 1.50. The summed E-state index contributed by atoms with van der Waals surface area (Å²) in [5, 5.41) is 18.2. The minimum absolute atomic E-state index is 0.733. The zero-order valence-corrected chi connectivity index (χ0v) is 17.3. The van der Waals surface area contributed by atoms with Gasteiger partial charge in [0.1, 0.15) is 17.2 Å². The predicted molar refractivity (Wildman–Crippen MR) is 106 cm³/mol. The first-order valence-corrected chi connectivity index (χ1v) is 8.81. The highest BCUT2D eigenvalue weighted by Crippen LogP contribution is 2.26. The lowest BCUT2D eigenvalue weighted by Gasteiger charge is -2.10. The second kappa shape index (κ2) is 11.8. The van der Waals surface area contributed by atoms with Gasteiger partial charge in [-0.25, -0.2) is 9.59 Å². The average Bonchev–Trinajstić information content (AvgIpc) is 2.68. The number of hydrogen-bond acceptors (Lipinski definition) is 6. The molecule has 0 radical (unpaired) electrons. The number of carboxylic acid groups (broad SMARTS) is 2. The normalized spacial score (nSPS) is 9.71. The fourth-order valence-electron chi connectivity index (χ4n) is 2.14. The van der Waals surface area contributed by atoms with Gasteiger partial charge in [0.05, 0.1) is 25.8 Å². The standard InChI is InChI=1S/C17H20BrNO3.C2H2O4/c1-20-14-6-13(7-15(9-14)21-2)11-19-10-12-4-5-17(22-3)16(18)8-12;3-1(4)2(5)6/h4-9,19H,10-11H2,1-3H3;(H,3,4)(H,5,6). The number of carboxylic acids is 2. The van der Waals surface area contributed by atoms with Gasteiger partial charge in [-0.05, 0) is 51.3 Å². The number of rotatable bonds is 7. The van der Waals surface area contributed by atoms with Gasteiger partial charge in [-0.2, -0.15) is 0 Å². The third-order valence-electron chi connectivity index (χ3n) is 3.47. The molecule has 0 aromatic heterocycles. The van der Waals surface area contributed by atoms with Gasteiger partial charge in [0.25, 0.3) is 0 Å². The molecule has 2 aromatic carbocycles. The molecule has 0 spiro atoms. The Hall–Kier alpha value is -2.78. The fourth-order valence-corrected chi connectivity index (χ4v) is 2.73. The molecule has 8 nitrogen and oxygen atoms in total. The van der Waals surface area contributed by atoms with Crippen LogP contribution in [0.25, 0.3) is 0 Å². The van der Waals surface area contributed by atoms with Crippen LogP contribution >= 0.6 is 15.9 Å². The van der Waals surface area contributed by atoms with Crippen LogP contribution in [0.15, 0.2) is 40.9 Å². The molecule has 0 bridgehead atoms. The van der Waals surface area contributed by atoms with E-state index < -0.39 is 11.9 Å². The van der Waals surface area contributed by atoms with E-state index in [1.807, 2.05) is 30.3 Å². The van der Waals surface area contributed by atoms with Gasteiger partial charge in [-0.15, -0.1) is 0 Å². The summed E-state index contributed by atoms with van der Waals surface area (Å²) in [4.78, 5) is 18.2. The Kier molecular flexibility index (Phi) is 9.83. The maximum Gasteiger partial charge on any atom is 0.414 e. The molecule has 2 aromatic rings. The number of nitrogens with one attached hydrogen (secondary N) is 1. The van der Waals surface area contributed by atoms with Crippen molar-refractivity contribution in [3.05, 3.63) is 52.0 Å². The van der Waals surface area contributed by atoms with Crippen LogP contribution in [-0.4, -0.2) is 43.5 Å². The van der Waals surface area contributed by atoms with Crippen LogP contribution in [0.2, 0.25) is 0 Å². The third kappa shape index (κ3) is 7.85. The molecule has 0 heterocycles. The summed E-state index contributed by atoms with van der Waals surface area (Å²) >= 11 is 3.50. The smallest absolute Gasteiger partial charge is 0.414 e. The van der Waals surface area contributed by atoms with Crippen molar-refractivity contribution in [2.45, 2.75) is 13.1 Å². The zero-order chi connectivity index (χ0) is 21.1. The van der Waals surface area contributed by atoms with E-state index in [0.29, 0.717) is 0 Å². The molecule has 2 rings (SSSR count). The highest BCUT2D eigenvalue weighted by atomic mass is 79.9. The number of halogens is 1. The van der Waals surface area contributed by atoms with Gasteiger partial charge >= 0.3 is 11.9 Å². The molecule has 9 heteroatoms. The molecule has 0 atom stereocenters. The van der Waals surface area contributed by atoms with Crippen molar-refractivity contribution >= 4 is 27.9 Å². The van der Waals surface area contributed by atoms with Crippen LogP contribution in [0.4, 0.5) is 0 Å². The molecule has 0 fully saturated rings. The van der Waals surface area contributed by atoms with E-state index in [-0.39, 0.29) is 0 Å². The minimum Gasteiger partial charge on any atom is -0.497 e. The lowest BCUT2D eigenvalue weighted by molar-refractivity contribution is -0.159. The van der Waals surface area contributed by atoms with Crippen LogP contribution in [0.3, 0.4) is 0 Å². The molecule has 3 N–H and O–H groups in total. The predicted octanol–water partition coefficient (Wildman–Crippen LogP) is 2.92. The Morgan fingerprint density at radius 3 is 1.82 bits per heavy atom. The molecule has 0 saturated carbocycles. The van der Waals surface area contributed by atoms with Crippen LogP contribution in [0.1, 0.15) is 11.1 Å². The van der Waals surface area contributed by atoms with E-state index in [4.69, 9.17) is 34.0 Å². The molecule has 0 amide bonds. The highest BCUT2D eigenvalue weighted by molar-refractivity contribution is 9.10. The van der Waals surface area contributed by atoms with E-state index >= 15 is 0 Å². The van der Waals surface area contributed by atoms with Crippen molar-refractivity contribution in [3.63, 3.8) is 0 Å². The largest absolute Gasteiger partial charge is 0.497 e. The SMILES string of the molecule is COc1cc(CNCc2ccc(OC)c(Br)c2)cc(OC)c1.O=C(O)C(=O)O. The van der Waals surface area contributed by atoms with E-state index in [9.17, 15) is 0 Å². The van der Waals surface area contributed by atoms with Gasteiger partial charge in [-0.1, -0.05) is 6.07 Å². The van der Waals surface area contributed by atoms with E-state index in [2.05, 4.69) is 27.3 Å². The van der Waals surface area contributed by atoms with Gasteiger partial charge in [-0.3, -0.25) is 0 Å². The Bertz CT molecular complexity index is 777. The van der Waals surface area contributed by atoms with Crippen LogP contribution in [0, 0.1) is 0 Å². The minimum atomic E-state index is -1.82. The molecule has 0 aliphatic rings. The number of aliphatic carboxylic acids is 2. The number of carbonyl (C=O) groups is 2. The molecule has 0 aliphatic heterocycles. The number of hydrogen-bond donors (Lipinski definition) is 3. The first-order valence-electron chi connectivity index (χ1n) is 8.02. The van der Waals surface area contributed by atoms with Gasteiger partial charge in [0, 0.05) is 19.2 Å². The lowest BCUT2D eigenvalue weighted by atomic mass is 10.2. The molecule has 28 heavy (non-hydrogen) atoms. The Morgan fingerprint density at radius 2 is 1.39 bits per heavy atom. The van der Waals surface area contributed by atoms with Gasteiger partial charge < -0.3 is 29.7 Å². The van der Waals surface area contributed by atoms with E-state index in [1.165, 1.54) is 5.56 Å². The first kappa shape index (κ1) is 23.3. The maximum absolute atomic E-state index is 9.10. The quantitative estimate of drug-likeness (QED) is 0.545. The molecule has 152 valence electrons. The number of benzene rings is 2. The molecular weight excluding hydrogens is 434 g/mol. The zero-order valence-electron chi connectivity index (χ0n) is 15.7. The van der Waals surface area contributed by atoms with Crippen molar-refractivity contribution in [1.82, 2.24) is 5.32 Å². The third-order valence-corrected chi connectivity index (χ3v) is 4.09. The van der Waals surface area contributed by atoms with Crippen LogP contribution in [-0.2, 0) is 22.7 Å². The number of methoxy groups -OCH3 is 3. The fraction of sp³-hybridized carbons (Fsp3) is 0.263. The topological polar surface area (TPSA) is 114 Å². The molecular formula is C19H22BrNO7. The van der Waals surface area contributed by atoms with E-state index in [1.54, 1.807) is 21.3 Å². The molecule has 0 saturated heterocycles. The molecule has 0 unspecified atom stereocenters. The Balaban J connectivity index is 0.000000568. The maximum atomic E-state index is 9.10. The first-order chi connectivity index (χ1) is 13.3. The van der Waals surface area contributed by atoms with Crippen molar-refractivity contribution in [3.8, 4) is 17.2 Å². The average molecular weight is 456 g/mol. The summed E-state index contributed by atoms with van der Waals surface area (Å²) in [6, 6.07) is 11.9. The summed E-state index contributed by atoms with van der Waals surface area (Å²) in [7, 11) is 4.97. The Morgan fingerprint density at radius 1 is 0.857 bits per heavy atom. The van der Waals surface area contributed by atoms with Gasteiger partial charge in [0.2, 0.25) is 0 Å². The molecule has 0 aliphatic carbocycles. The summed E-state index contributed by atoms with van der Waals surface area (Å²) in [6.07, 6.45) is 0. The second-order valence-electron chi connectivity index (χ2n) is 5.40. The highest BCUT2D eigenvalue weighted by Gasteiger charge is 2.04. The number of ether oxygens (including phenoxy) is 3. The second-order valence-corrected chi connectivity index (χ2v) is 6.26. The van der Waals surface area contributed by atoms with Crippen molar-refractivity contribution in [2.24, 2.45) is 0 Å². The monoisotopic (exact) mass is 455 g/mol.